The summed E-state index contributed by atoms with van der Waals surface area (Å²) in [5.41, 5.74) is 1.78. The molecule has 0 saturated carbocycles. The smallest absolute Gasteiger partial charge is 0.341 e. The minimum atomic E-state index is -0.514. The fourth-order valence-electron chi connectivity index (χ4n) is 3.74. The predicted molar refractivity (Wildman–Crippen MR) is 116 cm³/mol. The maximum absolute atomic E-state index is 12.7. The molecule has 0 bridgehead atoms. The summed E-state index contributed by atoms with van der Waals surface area (Å²) < 4.78 is 5.26. The number of benzene rings is 1. The van der Waals surface area contributed by atoms with E-state index in [1.807, 2.05) is 0 Å². The van der Waals surface area contributed by atoms with E-state index >= 15 is 0 Å². The molecule has 0 spiro atoms. The van der Waals surface area contributed by atoms with Gasteiger partial charge in [-0.05, 0) is 55.2 Å². The molecule has 2 aromatic rings. The van der Waals surface area contributed by atoms with E-state index in [4.69, 9.17) is 4.74 Å². The average Bonchev–Trinajstić information content (AvgIpc) is 3.04. The lowest BCUT2D eigenvalue weighted by Gasteiger charge is -2.33. The van der Waals surface area contributed by atoms with E-state index in [1.54, 1.807) is 6.92 Å². The third-order valence-corrected chi connectivity index (χ3v) is 6.71. The van der Waals surface area contributed by atoms with Crippen molar-refractivity contribution in [3.8, 4) is 0 Å². The van der Waals surface area contributed by atoms with Gasteiger partial charge in [0.1, 0.15) is 5.00 Å². The van der Waals surface area contributed by atoms with Crippen molar-refractivity contribution in [1.29, 1.82) is 0 Å². The summed E-state index contributed by atoms with van der Waals surface area (Å²) in [6.45, 7) is 8.67. The molecule has 0 saturated heterocycles. The maximum atomic E-state index is 12.7. The van der Waals surface area contributed by atoms with Gasteiger partial charge in [-0.1, -0.05) is 20.8 Å². The average molecular weight is 431 g/mol. The van der Waals surface area contributed by atoms with Gasteiger partial charge >= 0.3 is 5.97 Å². The zero-order valence-electron chi connectivity index (χ0n) is 17.6. The number of anilines is 1. The molecule has 1 aliphatic carbocycles. The summed E-state index contributed by atoms with van der Waals surface area (Å²) in [5.74, 6) is -0.346. The van der Waals surface area contributed by atoms with Crippen LogP contribution in [0.25, 0.3) is 0 Å². The Bertz CT molecular complexity index is 973. The highest BCUT2D eigenvalue weighted by molar-refractivity contribution is 7.17. The van der Waals surface area contributed by atoms with Crippen molar-refractivity contribution < 1.29 is 19.2 Å². The number of non-ortho nitro benzene ring substituents is 1. The van der Waals surface area contributed by atoms with Crippen LogP contribution in [-0.4, -0.2) is 23.4 Å². The topological polar surface area (TPSA) is 98.5 Å². The van der Waals surface area contributed by atoms with Crippen LogP contribution < -0.4 is 5.32 Å². The van der Waals surface area contributed by atoms with Gasteiger partial charge in [-0.2, -0.15) is 0 Å². The lowest BCUT2D eigenvalue weighted by molar-refractivity contribution is -0.384. The molecule has 7 nitrogen and oxygen atoms in total. The van der Waals surface area contributed by atoms with Crippen molar-refractivity contribution in [3.05, 3.63) is 55.9 Å². The number of ether oxygens (including phenoxy) is 1. The van der Waals surface area contributed by atoms with E-state index in [0.717, 1.165) is 29.7 Å². The number of nitrogens with one attached hydrogen (secondary N) is 1. The van der Waals surface area contributed by atoms with Crippen molar-refractivity contribution in [2.45, 2.75) is 47.0 Å². The number of carbonyl (C=O) groups is 2. The molecule has 160 valence electrons. The molecule has 0 aliphatic heterocycles. The Labute approximate surface area is 179 Å². The normalized spacial score (nSPS) is 15.9. The van der Waals surface area contributed by atoms with Gasteiger partial charge in [0.25, 0.3) is 11.6 Å². The monoisotopic (exact) mass is 430 g/mol. The summed E-state index contributed by atoms with van der Waals surface area (Å²) in [6, 6.07) is 5.38. The van der Waals surface area contributed by atoms with Crippen molar-refractivity contribution >= 4 is 33.9 Å². The van der Waals surface area contributed by atoms with E-state index in [0.29, 0.717) is 16.5 Å². The third kappa shape index (κ3) is 4.53. The summed E-state index contributed by atoms with van der Waals surface area (Å²) in [7, 11) is 0. The lowest BCUT2D eigenvalue weighted by atomic mass is 9.72. The van der Waals surface area contributed by atoms with E-state index in [9.17, 15) is 19.7 Å². The Balaban J connectivity index is 1.91. The molecule has 1 amide bonds. The van der Waals surface area contributed by atoms with Crippen molar-refractivity contribution in [2.75, 3.05) is 11.9 Å². The molecule has 1 aromatic heterocycles. The molecule has 1 aliphatic rings. The van der Waals surface area contributed by atoms with Crippen LogP contribution in [0.1, 0.15) is 65.3 Å². The van der Waals surface area contributed by atoms with Gasteiger partial charge in [-0.3, -0.25) is 14.9 Å². The first-order valence-corrected chi connectivity index (χ1v) is 10.8. The largest absolute Gasteiger partial charge is 0.462 e. The molecule has 0 radical (unpaired) electrons. The van der Waals surface area contributed by atoms with Crippen LogP contribution in [0.2, 0.25) is 0 Å². The molecule has 3 rings (SSSR count). The second kappa shape index (κ2) is 8.55. The number of fused-ring (bicyclic) bond motifs is 1. The first kappa shape index (κ1) is 22.0. The summed E-state index contributed by atoms with van der Waals surface area (Å²) in [6.07, 6.45) is 2.62. The number of esters is 1. The molecular formula is C22H26N2O5S. The second-order valence-electron chi connectivity index (χ2n) is 8.49. The number of nitro groups is 1. The Morgan fingerprint density at radius 2 is 1.93 bits per heavy atom. The fraction of sp³-hybridized carbons (Fsp3) is 0.455. The van der Waals surface area contributed by atoms with Crippen LogP contribution in [0.5, 0.6) is 0 Å². The number of nitrogens with zero attached hydrogens (tertiary/aromatic N) is 1. The van der Waals surface area contributed by atoms with Crippen LogP contribution in [0.15, 0.2) is 24.3 Å². The Morgan fingerprint density at radius 1 is 1.27 bits per heavy atom. The number of carbonyl (C=O) groups excluding carboxylic acids is 2. The first-order valence-electron chi connectivity index (χ1n) is 9.99. The van der Waals surface area contributed by atoms with Gasteiger partial charge in [-0.25, -0.2) is 4.79 Å². The number of nitro benzene ring substituents is 1. The number of hydrogen-bond acceptors (Lipinski definition) is 6. The van der Waals surface area contributed by atoms with Crippen molar-refractivity contribution in [3.63, 3.8) is 0 Å². The molecule has 1 atom stereocenters. The van der Waals surface area contributed by atoms with E-state index in [2.05, 4.69) is 26.1 Å². The lowest BCUT2D eigenvalue weighted by Crippen LogP contribution is -2.26. The SMILES string of the molecule is CCOC(=O)c1c(NC(=O)c2ccc([N+](=O)[O-])cc2)sc2c1CC[C@@H](C(C)(C)C)C2. The highest BCUT2D eigenvalue weighted by atomic mass is 32.1. The van der Waals surface area contributed by atoms with Gasteiger partial charge in [0, 0.05) is 22.6 Å². The van der Waals surface area contributed by atoms with Gasteiger partial charge < -0.3 is 10.1 Å². The molecule has 0 fully saturated rings. The number of hydrogen-bond donors (Lipinski definition) is 1. The van der Waals surface area contributed by atoms with Crippen molar-refractivity contribution in [2.24, 2.45) is 11.3 Å². The highest BCUT2D eigenvalue weighted by Gasteiger charge is 2.34. The molecular weight excluding hydrogens is 404 g/mol. The van der Waals surface area contributed by atoms with Gasteiger partial charge in [0.15, 0.2) is 0 Å². The van der Waals surface area contributed by atoms with Crippen LogP contribution >= 0.6 is 11.3 Å². The molecule has 1 aromatic carbocycles. The Kier molecular flexibility index (Phi) is 6.26. The zero-order valence-corrected chi connectivity index (χ0v) is 18.4. The van der Waals surface area contributed by atoms with E-state index < -0.39 is 16.8 Å². The standard InChI is InChI=1S/C22H26N2O5S/c1-5-29-21(26)18-16-11-8-14(22(2,3)4)12-17(16)30-20(18)23-19(25)13-6-9-15(10-7-13)24(27)28/h6-7,9-10,14H,5,8,11-12H2,1-4H3,(H,23,25)/t14-/m1/s1. The van der Waals surface area contributed by atoms with Gasteiger partial charge in [0.05, 0.1) is 17.1 Å². The Morgan fingerprint density at radius 3 is 2.50 bits per heavy atom. The van der Waals surface area contributed by atoms with E-state index in [-0.39, 0.29) is 23.3 Å². The van der Waals surface area contributed by atoms with Crippen LogP contribution in [0, 0.1) is 21.4 Å². The zero-order chi connectivity index (χ0) is 22.1. The minimum absolute atomic E-state index is 0.0847. The van der Waals surface area contributed by atoms with Crippen molar-refractivity contribution in [1.82, 2.24) is 0 Å². The fourth-order valence-corrected chi connectivity index (χ4v) is 5.05. The second-order valence-corrected chi connectivity index (χ2v) is 9.60. The first-order chi connectivity index (χ1) is 14.1. The quantitative estimate of drug-likeness (QED) is 0.397. The highest BCUT2D eigenvalue weighted by Crippen LogP contribution is 2.44. The summed E-state index contributed by atoms with van der Waals surface area (Å²) in [5, 5.41) is 14.1. The third-order valence-electron chi connectivity index (χ3n) is 5.54. The van der Waals surface area contributed by atoms with Crippen LogP contribution in [0.3, 0.4) is 0 Å². The summed E-state index contributed by atoms with van der Waals surface area (Å²) in [4.78, 5) is 36.8. The molecule has 0 unspecified atom stereocenters. The van der Waals surface area contributed by atoms with Crippen LogP contribution in [0.4, 0.5) is 10.7 Å². The van der Waals surface area contributed by atoms with Crippen LogP contribution in [-0.2, 0) is 17.6 Å². The molecule has 1 N–H and O–H groups in total. The van der Waals surface area contributed by atoms with E-state index in [1.165, 1.54) is 35.6 Å². The molecule has 1 heterocycles. The number of amides is 1. The van der Waals surface area contributed by atoms with Gasteiger partial charge in [0.2, 0.25) is 0 Å². The minimum Gasteiger partial charge on any atom is -0.462 e. The molecule has 8 heteroatoms. The Hall–Kier alpha value is -2.74. The molecule has 30 heavy (non-hydrogen) atoms. The number of thiophene rings is 1. The summed E-state index contributed by atoms with van der Waals surface area (Å²) >= 11 is 1.43. The number of rotatable bonds is 5. The predicted octanol–water partition coefficient (Wildman–Crippen LogP) is 5.24. The van der Waals surface area contributed by atoms with Gasteiger partial charge in [-0.15, -0.1) is 11.3 Å². The maximum Gasteiger partial charge on any atom is 0.341 e.